The third kappa shape index (κ3) is 3.03. The minimum atomic E-state index is -0.209. The van der Waals surface area contributed by atoms with Crippen LogP contribution in [0.4, 0.5) is 0 Å². The zero-order valence-corrected chi connectivity index (χ0v) is 11.7. The van der Waals surface area contributed by atoms with Crippen molar-refractivity contribution in [2.24, 2.45) is 17.4 Å². The van der Waals surface area contributed by atoms with Crippen molar-refractivity contribution in [2.75, 3.05) is 19.6 Å². The van der Waals surface area contributed by atoms with Gasteiger partial charge in [0.1, 0.15) is 0 Å². The van der Waals surface area contributed by atoms with Crippen LogP contribution in [-0.4, -0.2) is 30.4 Å². The van der Waals surface area contributed by atoms with Crippen LogP contribution in [0.1, 0.15) is 23.8 Å². The van der Waals surface area contributed by atoms with Crippen LogP contribution in [0.15, 0.2) is 12.1 Å². The Morgan fingerprint density at radius 1 is 1.61 bits per heavy atom. The first-order chi connectivity index (χ1) is 8.61. The summed E-state index contributed by atoms with van der Waals surface area (Å²) in [5, 5.41) is 0. The van der Waals surface area contributed by atoms with Gasteiger partial charge in [0.15, 0.2) is 0 Å². The molecule has 1 aliphatic rings. The predicted octanol–water partition coefficient (Wildman–Crippen LogP) is 1.60. The third-order valence-corrected chi connectivity index (χ3v) is 4.77. The quantitative estimate of drug-likeness (QED) is 0.883. The summed E-state index contributed by atoms with van der Waals surface area (Å²) in [7, 11) is 0. The van der Waals surface area contributed by atoms with Crippen molar-refractivity contribution in [3.63, 3.8) is 0 Å². The molecule has 1 aliphatic heterocycles. The number of likely N-dealkylation sites (tertiary alicyclic amines) is 1. The van der Waals surface area contributed by atoms with Gasteiger partial charge in [-0.3, -0.25) is 9.69 Å². The molecule has 0 spiro atoms. The van der Waals surface area contributed by atoms with Crippen molar-refractivity contribution in [2.45, 2.75) is 18.9 Å². The first-order valence-electron chi connectivity index (χ1n) is 6.10. The van der Waals surface area contributed by atoms with Gasteiger partial charge in [0.05, 0.1) is 16.3 Å². The zero-order valence-electron chi connectivity index (χ0n) is 10.1. The van der Waals surface area contributed by atoms with Crippen molar-refractivity contribution in [3.8, 4) is 0 Å². The number of thiophene rings is 1. The first-order valence-corrected chi connectivity index (χ1v) is 7.30. The van der Waals surface area contributed by atoms with E-state index in [1.807, 2.05) is 12.1 Å². The van der Waals surface area contributed by atoms with Crippen LogP contribution in [0.3, 0.4) is 0 Å². The fourth-order valence-electron chi connectivity index (χ4n) is 2.47. The maximum absolute atomic E-state index is 11.3. The number of primary amides is 1. The molecule has 100 valence electrons. The molecule has 0 bridgehead atoms. The Hall–Kier alpha value is -0.620. The molecule has 18 heavy (non-hydrogen) atoms. The van der Waals surface area contributed by atoms with Gasteiger partial charge in [-0.05, 0) is 31.5 Å². The minimum absolute atomic E-state index is 0.0526. The van der Waals surface area contributed by atoms with Crippen LogP contribution in [-0.2, 0) is 4.79 Å². The van der Waals surface area contributed by atoms with E-state index in [2.05, 4.69) is 4.90 Å². The summed E-state index contributed by atoms with van der Waals surface area (Å²) in [6, 6.07) is 4.04. The smallest absolute Gasteiger partial charge is 0.221 e. The van der Waals surface area contributed by atoms with E-state index in [0.717, 1.165) is 28.6 Å². The standard InChI is InChI=1S/C12H18ClN3OS/c13-11-4-3-10(18-11)9(6-14)16-5-1-2-8(7-16)12(15)17/h3-4,8-9H,1-2,5-7,14H2,(H2,15,17). The van der Waals surface area contributed by atoms with E-state index in [0.29, 0.717) is 13.1 Å². The molecule has 6 heteroatoms. The van der Waals surface area contributed by atoms with Crippen LogP contribution in [0.25, 0.3) is 0 Å². The number of carbonyl (C=O) groups excluding carboxylic acids is 1. The molecule has 1 aromatic heterocycles. The maximum Gasteiger partial charge on any atom is 0.221 e. The van der Waals surface area contributed by atoms with Gasteiger partial charge in [-0.15, -0.1) is 11.3 Å². The number of nitrogens with two attached hydrogens (primary N) is 2. The summed E-state index contributed by atoms with van der Waals surface area (Å²) < 4.78 is 0.770. The van der Waals surface area contributed by atoms with E-state index in [1.165, 1.54) is 0 Å². The van der Waals surface area contributed by atoms with Crippen LogP contribution in [0.5, 0.6) is 0 Å². The van der Waals surface area contributed by atoms with Gasteiger partial charge >= 0.3 is 0 Å². The average molecular weight is 288 g/mol. The fraction of sp³-hybridized carbons (Fsp3) is 0.583. The summed E-state index contributed by atoms with van der Waals surface area (Å²) in [6.45, 7) is 2.19. The minimum Gasteiger partial charge on any atom is -0.369 e. The molecule has 1 aromatic rings. The predicted molar refractivity (Wildman–Crippen MR) is 74.6 cm³/mol. The summed E-state index contributed by atoms with van der Waals surface area (Å²) in [5.74, 6) is -0.261. The van der Waals surface area contributed by atoms with E-state index in [4.69, 9.17) is 23.1 Å². The Balaban J connectivity index is 2.10. The second-order valence-electron chi connectivity index (χ2n) is 4.63. The van der Waals surface area contributed by atoms with Crippen LogP contribution in [0.2, 0.25) is 4.34 Å². The monoisotopic (exact) mass is 287 g/mol. The number of hydrogen-bond acceptors (Lipinski definition) is 4. The lowest BCUT2D eigenvalue weighted by Gasteiger charge is -2.36. The molecule has 2 atom stereocenters. The average Bonchev–Trinajstić information content (AvgIpc) is 2.77. The molecule has 2 rings (SSSR count). The maximum atomic E-state index is 11.3. The zero-order chi connectivity index (χ0) is 13.1. The van der Waals surface area contributed by atoms with Crippen LogP contribution >= 0.6 is 22.9 Å². The fourth-order valence-corrected chi connectivity index (χ4v) is 3.68. The summed E-state index contributed by atoms with van der Waals surface area (Å²) in [6.07, 6.45) is 1.87. The highest BCUT2D eigenvalue weighted by molar-refractivity contribution is 7.16. The highest BCUT2D eigenvalue weighted by Gasteiger charge is 2.29. The van der Waals surface area contributed by atoms with Crippen molar-refractivity contribution in [1.82, 2.24) is 4.90 Å². The van der Waals surface area contributed by atoms with E-state index in [9.17, 15) is 4.79 Å². The molecule has 2 heterocycles. The number of rotatable bonds is 4. The molecule has 0 saturated carbocycles. The van der Waals surface area contributed by atoms with Crippen molar-refractivity contribution in [3.05, 3.63) is 21.3 Å². The van der Waals surface area contributed by atoms with Gasteiger partial charge in [-0.2, -0.15) is 0 Å². The Morgan fingerprint density at radius 3 is 2.94 bits per heavy atom. The number of nitrogens with zero attached hydrogens (tertiary/aromatic N) is 1. The number of carbonyl (C=O) groups is 1. The topological polar surface area (TPSA) is 72.3 Å². The molecule has 1 saturated heterocycles. The van der Waals surface area contributed by atoms with Gasteiger partial charge in [-0.25, -0.2) is 0 Å². The normalized spacial score (nSPS) is 22.9. The van der Waals surface area contributed by atoms with E-state index in [-0.39, 0.29) is 17.9 Å². The second-order valence-corrected chi connectivity index (χ2v) is 6.38. The van der Waals surface area contributed by atoms with Gasteiger partial charge < -0.3 is 11.5 Å². The lowest BCUT2D eigenvalue weighted by Crippen LogP contribution is -2.44. The molecular formula is C12H18ClN3OS. The third-order valence-electron chi connectivity index (χ3n) is 3.44. The lowest BCUT2D eigenvalue weighted by molar-refractivity contribution is -0.123. The SMILES string of the molecule is NCC(c1ccc(Cl)s1)N1CCCC(C(N)=O)C1. The molecule has 0 aliphatic carbocycles. The number of hydrogen-bond donors (Lipinski definition) is 2. The summed E-state index contributed by atoms with van der Waals surface area (Å²) >= 11 is 7.52. The highest BCUT2D eigenvalue weighted by atomic mass is 35.5. The van der Waals surface area contributed by atoms with Crippen molar-refractivity contribution >= 4 is 28.8 Å². The van der Waals surface area contributed by atoms with E-state index < -0.39 is 0 Å². The Morgan fingerprint density at radius 2 is 2.39 bits per heavy atom. The van der Waals surface area contributed by atoms with Crippen LogP contribution in [0, 0.1) is 5.92 Å². The summed E-state index contributed by atoms with van der Waals surface area (Å²) in [5.41, 5.74) is 11.3. The van der Waals surface area contributed by atoms with Crippen molar-refractivity contribution in [1.29, 1.82) is 0 Å². The molecule has 0 aromatic carbocycles. The van der Waals surface area contributed by atoms with Gasteiger partial charge in [0.25, 0.3) is 0 Å². The molecule has 1 fully saturated rings. The Labute approximate surface area is 116 Å². The first kappa shape index (κ1) is 13.8. The highest BCUT2D eigenvalue weighted by Crippen LogP contribution is 2.32. The summed E-state index contributed by atoms with van der Waals surface area (Å²) in [4.78, 5) is 14.7. The van der Waals surface area contributed by atoms with Crippen LogP contribution < -0.4 is 11.5 Å². The number of piperidine rings is 1. The molecule has 4 nitrogen and oxygen atoms in total. The Kier molecular flexibility index (Phi) is 4.61. The molecule has 1 amide bonds. The van der Waals surface area contributed by atoms with Crippen molar-refractivity contribution < 1.29 is 4.79 Å². The largest absolute Gasteiger partial charge is 0.369 e. The number of amides is 1. The number of halogens is 1. The molecule has 2 unspecified atom stereocenters. The Bertz CT molecular complexity index is 423. The second kappa shape index (κ2) is 6.02. The van der Waals surface area contributed by atoms with Gasteiger partial charge in [0, 0.05) is 18.0 Å². The van der Waals surface area contributed by atoms with E-state index in [1.54, 1.807) is 11.3 Å². The molecular weight excluding hydrogens is 270 g/mol. The molecule has 4 N–H and O–H groups in total. The lowest BCUT2D eigenvalue weighted by atomic mass is 9.96. The van der Waals surface area contributed by atoms with Gasteiger partial charge in [0.2, 0.25) is 5.91 Å². The van der Waals surface area contributed by atoms with E-state index >= 15 is 0 Å². The van der Waals surface area contributed by atoms with Gasteiger partial charge in [-0.1, -0.05) is 11.6 Å². The molecule has 0 radical (unpaired) electrons.